The van der Waals surface area contributed by atoms with E-state index < -0.39 is 23.5 Å². The number of carbonyl (C=O) groups excluding carboxylic acids is 1. The van der Waals surface area contributed by atoms with Gasteiger partial charge >= 0.3 is 12.2 Å². The van der Waals surface area contributed by atoms with Crippen molar-refractivity contribution < 1.29 is 19.5 Å². The monoisotopic (exact) mass is 148 g/mol. The summed E-state index contributed by atoms with van der Waals surface area (Å²) in [6.07, 6.45) is -2.11. The lowest BCUT2D eigenvalue weighted by Gasteiger charge is -2.03. The highest BCUT2D eigenvalue weighted by atomic mass is 16.5. The minimum atomic E-state index is -1.63. The minimum Gasteiger partial charge on any atom is -0.598 e. The molecule has 1 unspecified atom stereocenters. The van der Waals surface area contributed by atoms with Crippen LogP contribution < -0.4 is 0 Å². The van der Waals surface area contributed by atoms with Crippen molar-refractivity contribution in [2.75, 3.05) is 7.11 Å². The molecule has 0 amide bonds. The Labute approximate surface area is 57.1 Å². The van der Waals surface area contributed by atoms with E-state index in [9.17, 15) is 10.0 Å². The molecule has 10 heavy (non-hydrogen) atoms. The number of hydrogen-bond acceptors (Lipinski definition) is 5. The Bertz CT molecular complexity index is 146. The van der Waals surface area contributed by atoms with Gasteiger partial charge in [0.2, 0.25) is 0 Å². The van der Waals surface area contributed by atoms with Crippen LogP contribution in [0.4, 0.5) is 0 Å². The molecule has 6 heteroatoms. The van der Waals surface area contributed by atoms with E-state index in [1.165, 1.54) is 0 Å². The summed E-state index contributed by atoms with van der Waals surface area (Å²) >= 11 is 0. The van der Waals surface area contributed by atoms with Crippen LogP contribution in [0.1, 0.15) is 6.42 Å². The summed E-state index contributed by atoms with van der Waals surface area (Å²) < 4.78 is 4.12. The average Bonchev–Trinajstić information content (AvgIpc) is 1.87. The lowest BCUT2D eigenvalue weighted by molar-refractivity contribution is -0.628. The van der Waals surface area contributed by atoms with E-state index in [-0.39, 0.29) is 0 Å². The number of methoxy groups -OCH3 is 1. The van der Waals surface area contributed by atoms with Gasteiger partial charge in [-0.15, -0.1) is 0 Å². The van der Waals surface area contributed by atoms with Crippen LogP contribution in [0.5, 0.6) is 0 Å². The lowest BCUT2D eigenvalue weighted by atomic mass is 10.4. The van der Waals surface area contributed by atoms with Crippen LogP contribution in [0.2, 0.25) is 0 Å². The summed E-state index contributed by atoms with van der Waals surface area (Å²) in [6.45, 7) is 0. The standard InChI is InChI=1S/C4H8N2O4/c1-10-4(8)2-3(7)6(5)9/h3,5,7H,2H2,1H3. The molecule has 0 aliphatic rings. The number of ether oxygens (including phenoxy) is 1. The van der Waals surface area contributed by atoms with E-state index in [2.05, 4.69) is 4.74 Å². The summed E-state index contributed by atoms with van der Waals surface area (Å²) in [5, 5.41) is 18.5. The first-order valence-corrected chi connectivity index (χ1v) is 2.50. The molecule has 0 rings (SSSR count). The van der Waals surface area contributed by atoms with Crippen LogP contribution in [-0.4, -0.2) is 29.3 Å². The lowest BCUT2D eigenvalue weighted by Crippen LogP contribution is -2.22. The second kappa shape index (κ2) is 3.78. The zero-order valence-corrected chi connectivity index (χ0v) is 5.40. The Morgan fingerprint density at radius 1 is 2.00 bits per heavy atom. The van der Waals surface area contributed by atoms with E-state index in [1.54, 1.807) is 0 Å². The first-order valence-electron chi connectivity index (χ1n) is 2.50. The van der Waals surface area contributed by atoms with Crippen molar-refractivity contribution in [2.45, 2.75) is 12.6 Å². The molecule has 6 nitrogen and oxygen atoms in total. The van der Waals surface area contributed by atoms with Crippen molar-refractivity contribution in [3.63, 3.8) is 0 Å². The molecule has 0 heterocycles. The summed E-state index contributed by atoms with van der Waals surface area (Å²) in [4.78, 5) is 9.83. The summed E-state index contributed by atoms with van der Waals surface area (Å²) in [7, 11) is 1.13. The predicted molar refractivity (Wildman–Crippen MR) is 29.0 cm³/mol. The van der Waals surface area contributed by atoms with Gasteiger partial charge in [0.25, 0.3) is 0 Å². The molecule has 1 atom stereocenters. The molecule has 0 aromatic rings. The third-order valence-corrected chi connectivity index (χ3v) is 0.848. The number of aliphatic hydroxyl groups is 1. The van der Waals surface area contributed by atoms with Gasteiger partial charge in [0, 0.05) is 0 Å². The smallest absolute Gasteiger partial charge is 0.315 e. The maximum absolute atomic E-state index is 10.3. The quantitative estimate of drug-likeness (QED) is 0.184. The highest BCUT2D eigenvalue weighted by Gasteiger charge is 2.17. The van der Waals surface area contributed by atoms with E-state index in [0.717, 1.165) is 7.11 Å². The third kappa shape index (κ3) is 2.98. The summed E-state index contributed by atoms with van der Waals surface area (Å²) in [6, 6.07) is 0. The maximum Gasteiger partial charge on any atom is 0.315 e. The zero-order chi connectivity index (χ0) is 8.15. The molecule has 58 valence electrons. The Kier molecular flexibility index (Phi) is 3.34. The van der Waals surface area contributed by atoms with Crippen LogP contribution in [-0.2, 0) is 9.53 Å². The topological polar surface area (TPSA) is 96.5 Å². The Balaban J connectivity index is 3.68. The van der Waals surface area contributed by atoms with Crippen molar-refractivity contribution >= 4 is 5.97 Å². The first kappa shape index (κ1) is 8.83. The average molecular weight is 148 g/mol. The van der Waals surface area contributed by atoms with Crippen molar-refractivity contribution in [3.05, 3.63) is 5.21 Å². The van der Waals surface area contributed by atoms with Crippen LogP contribution in [0.25, 0.3) is 0 Å². The molecule has 0 saturated carbocycles. The number of rotatable bonds is 3. The van der Waals surface area contributed by atoms with Gasteiger partial charge in [0.05, 0.1) is 7.11 Å². The van der Waals surface area contributed by atoms with Gasteiger partial charge in [-0.25, -0.2) is 0 Å². The summed E-state index contributed by atoms with van der Waals surface area (Å²) in [5.74, 6) is -0.722. The van der Waals surface area contributed by atoms with E-state index in [1.807, 2.05) is 0 Å². The number of carbonyl (C=O) groups is 1. The number of hydroxylamine groups is 1. The van der Waals surface area contributed by atoms with Crippen molar-refractivity contribution in [1.29, 1.82) is 5.53 Å². The molecule has 0 aromatic carbocycles. The highest BCUT2D eigenvalue weighted by Crippen LogP contribution is 1.93. The molecular formula is C4H8N2O4. The van der Waals surface area contributed by atoms with Gasteiger partial charge < -0.3 is 15.1 Å². The maximum atomic E-state index is 10.3. The molecule has 0 spiro atoms. The molecule has 2 N–H and O–H groups in total. The summed E-state index contributed by atoms with van der Waals surface area (Å²) in [5.41, 5.74) is 6.27. The number of hydrogen-bond donors (Lipinski definition) is 2. The number of nitrogens with zero attached hydrogens (tertiary/aromatic N) is 1. The van der Waals surface area contributed by atoms with Gasteiger partial charge in [-0.1, -0.05) is 4.86 Å². The second-order valence-electron chi connectivity index (χ2n) is 1.59. The molecule has 0 bridgehead atoms. The Morgan fingerprint density at radius 2 is 2.50 bits per heavy atom. The fraction of sp³-hybridized carbons (Fsp3) is 0.750. The van der Waals surface area contributed by atoms with Gasteiger partial charge in [0.1, 0.15) is 6.42 Å². The van der Waals surface area contributed by atoms with Gasteiger partial charge in [-0.2, -0.15) is 0 Å². The molecule has 0 saturated heterocycles. The molecule has 0 aliphatic heterocycles. The Morgan fingerprint density at radius 3 is 2.80 bits per heavy atom. The van der Waals surface area contributed by atoms with Crippen molar-refractivity contribution in [1.82, 2.24) is 0 Å². The van der Waals surface area contributed by atoms with E-state index in [0.29, 0.717) is 0 Å². The van der Waals surface area contributed by atoms with E-state index in [4.69, 9.17) is 10.6 Å². The predicted octanol–water partition coefficient (Wildman–Crippen LogP) is -0.591. The fourth-order valence-corrected chi connectivity index (χ4v) is 0.315. The first-order chi connectivity index (χ1) is 4.57. The SMILES string of the molecule is COC(=O)CC(O)[N+](=N)[O-]. The van der Waals surface area contributed by atoms with E-state index >= 15 is 0 Å². The number of esters is 1. The molecule has 0 aliphatic carbocycles. The van der Waals surface area contributed by atoms with Crippen molar-refractivity contribution in [2.24, 2.45) is 0 Å². The molecule has 0 radical (unpaired) electrons. The number of aliphatic hydroxyl groups excluding tert-OH is 1. The largest absolute Gasteiger partial charge is 0.598 e. The molecular weight excluding hydrogens is 140 g/mol. The van der Waals surface area contributed by atoms with Gasteiger partial charge in [-0.05, 0) is 5.53 Å². The fourth-order valence-electron chi connectivity index (χ4n) is 0.315. The molecule has 0 aromatic heterocycles. The van der Waals surface area contributed by atoms with Crippen LogP contribution >= 0.6 is 0 Å². The van der Waals surface area contributed by atoms with Crippen LogP contribution in [0.3, 0.4) is 0 Å². The van der Waals surface area contributed by atoms with Crippen LogP contribution in [0, 0.1) is 10.7 Å². The van der Waals surface area contributed by atoms with Gasteiger partial charge in [-0.3, -0.25) is 4.79 Å². The number of nitrogens with one attached hydrogen (secondary N) is 1. The minimum absolute atomic E-state index is 0.461. The third-order valence-electron chi connectivity index (χ3n) is 0.848. The van der Waals surface area contributed by atoms with Crippen molar-refractivity contribution in [3.8, 4) is 0 Å². The highest BCUT2D eigenvalue weighted by molar-refractivity contribution is 5.69. The van der Waals surface area contributed by atoms with Gasteiger partial charge in [0.15, 0.2) is 0 Å². The Hall–Kier alpha value is -1.17. The zero-order valence-electron chi connectivity index (χ0n) is 5.40. The van der Waals surface area contributed by atoms with Crippen LogP contribution in [0.15, 0.2) is 0 Å². The molecule has 0 fully saturated rings. The second-order valence-corrected chi connectivity index (χ2v) is 1.59. The normalized spacial score (nSPS) is 12.2.